The molecule has 3 saturated heterocycles. The first-order valence-corrected chi connectivity index (χ1v) is 6.34. The van der Waals surface area contributed by atoms with Crippen LogP contribution < -0.4 is 5.32 Å². The van der Waals surface area contributed by atoms with Crippen LogP contribution in [0.25, 0.3) is 0 Å². The van der Waals surface area contributed by atoms with E-state index in [1.165, 1.54) is 6.42 Å². The van der Waals surface area contributed by atoms with Gasteiger partial charge in [0.1, 0.15) is 0 Å². The highest BCUT2D eigenvalue weighted by Gasteiger charge is 2.48. The number of amides is 1. The molecular weight excluding hydrogens is 204 g/mol. The maximum Gasteiger partial charge on any atom is 0.239 e. The molecule has 3 atom stereocenters. The van der Waals surface area contributed by atoms with Gasteiger partial charge in [-0.1, -0.05) is 0 Å². The van der Waals surface area contributed by atoms with Crippen LogP contribution in [0.4, 0.5) is 0 Å². The third-order valence-corrected chi connectivity index (χ3v) is 4.39. The quantitative estimate of drug-likeness (QED) is 0.730. The van der Waals surface area contributed by atoms with Gasteiger partial charge in [0, 0.05) is 32.0 Å². The van der Waals surface area contributed by atoms with Gasteiger partial charge in [-0.25, -0.2) is 0 Å². The maximum atomic E-state index is 12.2. The van der Waals surface area contributed by atoms with Gasteiger partial charge in [-0.05, 0) is 25.8 Å². The Bertz CT molecular complexity index is 277. The summed E-state index contributed by atoms with van der Waals surface area (Å²) in [6.07, 6.45) is 3.82. The Kier molecular flexibility index (Phi) is 2.64. The topological polar surface area (TPSA) is 41.6 Å². The molecule has 0 spiro atoms. The monoisotopic (exact) mass is 224 g/mol. The van der Waals surface area contributed by atoms with Gasteiger partial charge >= 0.3 is 0 Å². The molecule has 4 rings (SSSR count). The lowest BCUT2D eigenvalue weighted by Gasteiger charge is -2.53. The number of hydrogen-bond donors (Lipinski definition) is 1. The Morgan fingerprint density at radius 1 is 1.38 bits per heavy atom. The fraction of sp³-hybridized carbons (Fsp3) is 0.917. The predicted molar refractivity (Wildman–Crippen MR) is 60.0 cm³/mol. The molecule has 0 aromatic rings. The van der Waals surface area contributed by atoms with Gasteiger partial charge in [0.15, 0.2) is 0 Å². The molecule has 4 aliphatic rings. The number of ether oxygens (including phenoxy) is 1. The Morgan fingerprint density at radius 3 is 2.69 bits per heavy atom. The molecule has 16 heavy (non-hydrogen) atoms. The molecule has 3 aliphatic heterocycles. The van der Waals surface area contributed by atoms with Gasteiger partial charge in [-0.3, -0.25) is 4.79 Å². The van der Waals surface area contributed by atoms with Crippen molar-refractivity contribution in [3.63, 3.8) is 0 Å². The summed E-state index contributed by atoms with van der Waals surface area (Å²) in [6.45, 7) is 2.82. The molecule has 4 nitrogen and oxygen atoms in total. The summed E-state index contributed by atoms with van der Waals surface area (Å²) in [5.41, 5.74) is 0. The molecule has 1 N–H and O–H groups in total. The van der Waals surface area contributed by atoms with E-state index in [2.05, 4.69) is 10.2 Å². The average Bonchev–Trinajstić information content (AvgIpc) is 2.82. The lowest BCUT2D eigenvalue weighted by molar-refractivity contribution is -0.157. The average molecular weight is 224 g/mol. The van der Waals surface area contributed by atoms with Crippen LogP contribution in [0.3, 0.4) is 0 Å². The third kappa shape index (κ3) is 1.55. The van der Waals surface area contributed by atoms with Gasteiger partial charge in [0.05, 0.1) is 12.1 Å². The Balaban J connectivity index is 1.59. The van der Waals surface area contributed by atoms with E-state index in [0.717, 1.165) is 32.5 Å². The minimum Gasteiger partial charge on any atom is -0.381 e. The largest absolute Gasteiger partial charge is 0.381 e. The molecule has 4 heteroatoms. The minimum absolute atomic E-state index is 0.0958. The van der Waals surface area contributed by atoms with E-state index in [1.807, 2.05) is 0 Å². The van der Waals surface area contributed by atoms with Crippen molar-refractivity contribution in [3.05, 3.63) is 0 Å². The Hall–Kier alpha value is -0.610. The highest BCUT2D eigenvalue weighted by atomic mass is 16.5. The highest BCUT2D eigenvalue weighted by molar-refractivity contribution is 5.82. The summed E-state index contributed by atoms with van der Waals surface area (Å²) in [6, 6.07) is 0.0958. The first-order chi connectivity index (χ1) is 7.79. The van der Waals surface area contributed by atoms with Crippen LogP contribution >= 0.6 is 0 Å². The SMILES string of the molecule is COC1[C@H]2C[C@H]1CN(C(=O)[C@H]1CCCN1)C2. The zero-order valence-corrected chi connectivity index (χ0v) is 9.82. The molecule has 1 amide bonds. The van der Waals surface area contributed by atoms with Gasteiger partial charge < -0.3 is 15.0 Å². The van der Waals surface area contributed by atoms with E-state index in [0.29, 0.717) is 23.8 Å². The van der Waals surface area contributed by atoms with Crippen molar-refractivity contribution in [2.24, 2.45) is 11.8 Å². The van der Waals surface area contributed by atoms with E-state index in [-0.39, 0.29) is 6.04 Å². The number of nitrogens with zero attached hydrogens (tertiary/aromatic N) is 1. The number of methoxy groups -OCH3 is 1. The van der Waals surface area contributed by atoms with Crippen molar-refractivity contribution >= 4 is 5.91 Å². The van der Waals surface area contributed by atoms with Crippen molar-refractivity contribution in [2.45, 2.75) is 31.4 Å². The Morgan fingerprint density at radius 2 is 2.12 bits per heavy atom. The number of rotatable bonds is 2. The van der Waals surface area contributed by atoms with Crippen LogP contribution in [-0.2, 0) is 9.53 Å². The van der Waals surface area contributed by atoms with Crippen molar-refractivity contribution in [3.8, 4) is 0 Å². The van der Waals surface area contributed by atoms with Crippen LogP contribution in [-0.4, -0.2) is 49.7 Å². The van der Waals surface area contributed by atoms with Crippen LogP contribution in [0.2, 0.25) is 0 Å². The van der Waals surface area contributed by atoms with Crippen LogP contribution in [0.5, 0.6) is 0 Å². The third-order valence-electron chi connectivity index (χ3n) is 4.39. The number of nitrogens with one attached hydrogen (secondary N) is 1. The fourth-order valence-electron chi connectivity index (χ4n) is 3.52. The second-order valence-corrected chi connectivity index (χ2v) is 5.35. The van der Waals surface area contributed by atoms with Crippen LogP contribution in [0, 0.1) is 11.8 Å². The van der Waals surface area contributed by atoms with Gasteiger partial charge in [-0.15, -0.1) is 0 Å². The zero-order chi connectivity index (χ0) is 11.1. The van der Waals surface area contributed by atoms with E-state index >= 15 is 0 Å². The second-order valence-electron chi connectivity index (χ2n) is 5.35. The molecule has 90 valence electrons. The molecule has 1 saturated carbocycles. The summed E-state index contributed by atoms with van der Waals surface area (Å²) < 4.78 is 5.45. The van der Waals surface area contributed by atoms with E-state index in [1.54, 1.807) is 7.11 Å². The normalized spacial score (nSPS) is 41.9. The molecule has 0 aromatic heterocycles. The van der Waals surface area contributed by atoms with Crippen LogP contribution in [0.1, 0.15) is 19.3 Å². The molecule has 4 fully saturated rings. The summed E-state index contributed by atoms with van der Waals surface area (Å²) in [5.74, 6) is 1.50. The Labute approximate surface area is 96.3 Å². The van der Waals surface area contributed by atoms with Gasteiger partial charge in [0.2, 0.25) is 5.91 Å². The van der Waals surface area contributed by atoms with E-state index in [4.69, 9.17) is 4.74 Å². The minimum atomic E-state index is 0.0958. The van der Waals surface area contributed by atoms with Crippen molar-refractivity contribution in [1.82, 2.24) is 10.2 Å². The van der Waals surface area contributed by atoms with Gasteiger partial charge in [-0.2, -0.15) is 0 Å². The summed E-state index contributed by atoms with van der Waals surface area (Å²) >= 11 is 0. The van der Waals surface area contributed by atoms with E-state index < -0.39 is 0 Å². The number of fused-ring (bicyclic) bond motifs is 2. The first-order valence-electron chi connectivity index (χ1n) is 6.34. The summed E-state index contributed by atoms with van der Waals surface area (Å²) in [5, 5.41) is 3.29. The molecule has 0 radical (unpaired) electrons. The lowest BCUT2D eigenvalue weighted by Crippen LogP contribution is -2.62. The van der Waals surface area contributed by atoms with Crippen molar-refractivity contribution in [1.29, 1.82) is 0 Å². The molecule has 2 bridgehead atoms. The number of carbonyl (C=O) groups excluding carboxylic acids is 1. The molecule has 0 unspecified atom stereocenters. The zero-order valence-electron chi connectivity index (χ0n) is 9.82. The van der Waals surface area contributed by atoms with Gasteiger partial charge in [0.25, 0.3) is 0 Å². The molecule has 1 aliphatic carbocycles. The number of carbonyl (C=O) groups is 1. The highest BCUT2D eigenvalue weighted by Crippen LogP contribution is 2.42. The predicted octanol–water partition coefficient (Wildman–Crippen LogP) is 0.232. The standard InChI is InChI=1S/C12H20N2O2/c1-16-11-8-5-9(11)7-14(6-8)12(15)10-3-2-4-13-10/h8-11,13H,2-7H2,1H3/t8-,9-,10+/m0/s1. The van der Waals surface area contributed by atoms with Crippen LogP contribution in [0.15, 0.2) is 0 Å². The summed E-state index contributed by atoms with van der Waals surface area (Å²) in [4.78, 5) is 14.2. The number of hydrogen-bond acceptors (Lipinski definition) is 3. The lowest BCUT2D eigenvalue weighted by atomic mass is 9.68. The smallest absolute Gasteiger partial charge is 0.239 e. The molecular formula is C12H20N2O2. The fourth-order valence-corrected chi connectivity index (χ4v) is 3.52. The summed E-state index contributed by atoms with van der Waals surface area (Å²) in [7, 11) is 1.79. The number of piperidine rings is 2. The van der Waals surface area contributed by atoms with Crippen molar-refractivity contribution < 1.29 is 9.53 Å². The molecule has 3 heterocycles. The van der Waals surface area contributed by atoms with E-state index in [9.17, 15) is 4.79 Å². The molecule has 0 aromatic carbocycles. The first kappa shape index (κ1) is 10.5. The second kappa shape index (κ2) is 4.00. The van der Waals surface area contributed by atoms with Crippen molar-refractivity contribution in [2.75, 3.05) is 26.7 Å². The maximum absolute atomic E-state index is 12.2.